The van der Waals surface area contributed by atoms with E-state index in [2.05, 4.69) is 15.3 Å². The minimum atomic E-state index is -0.575. The molecule has 0 spiro atoms. The summed E-state index contributed by atoms with van der Waals surface area (Å²) in [4.78, 5) is 21.6. The molecule has 0 bridgehead atoms. The lowest BCUT2D eigenvalue weighted by molar-refractivity contribution is -0.119. The molecule has 0 saturated heterocycles. The molecule has 0 radical (unpaired) electrons. The van der Waals surface area contributed by atoms with E-state index in [1.165, 1.54) is 23.9 Å². The molecule has 0 saturated carbocycles. The highest BCUT2D eigenvalue weighted by atomic mass is 35.5. The van der Waals surface area contributed by atoms with Crippen molar-refractivity contribution in [2.24, 2.45) is 7.05 Å². The molecule has 1 amide bonds. The van der Waals surface area contributed by atoms with Gasteiger partial charge in [0.05, 0.1) is 11.4 Å². The third kappa shape index (κ3) is 4.71. The second-order valence-corrected chi connectivity index (χ2v) is 8.55. The first-order valence-electron chi connectivity index (χ1n) is 9.87. The van der Waals surface area contributed by atoms with Crippen molar-refractivity contribution < 1.29 is 9.18 Å². The van der Waals surface area contributed by atoms with Gasteiger partial charge >= 0.3 is 0 Å². The number of nitrogens with zero attached hydrogens (tertiary/aromatic N) is 4. The summed E-state index contributed by atoms with van der Waals surface area (Å²) in [5, 5.41) is 4.31. The van der Waals surface area contributed by atoms with Gasteiger partial charge in [0.15, 0.2) is 5.16 Å². The lowest BCUT2D eigenvalue weighted by atomic mass is 10.1. The van der Waals surface area contributed by atoms with Gasteiger partial charge in [-0.25, -0.2) is 14.4 Å². The zero-order valence-corrected chi connectivity index (χ0v) is 19.1. The van der Waals surface area contributed by atoms with Gasteiger partial charge in [-0.05, 0) is 42.3 Å². The van der Waals surface area contributed by atoms with Gasteiger partial charge in [-0.2, -0.15) is 0 Å². The number of imidazole rings is 2. The van der Waals surface area contributed by atoms with Gasteiger partial charge < -0.3 is 9.88 Å². The normalized spacial score (nSPS) is 12.0. The molecule has 1 atom stereocenters. The maximum atomic E-state index is 13.8. The van der Waals surface area contributed by atoms with E-state index in [1.54, 1.807) is 35.3 Å². The van der Waals surface area contributed by atoms with Crippen molar-refractivity contribution in [1.82, 2.24) is 24.4 Å². The van der Waals surface area contributed by atoms with E-state index in [-0.39, 0.29) is 17.5 Å². The molecule has 0 unspecified atom stereocenters. The Kier molecular flexibility index (Phi) is 6.62. The molecule has 164 valence electrons. The van der Waals surface area contributed by atoms with Gasteiger partial charge in [-0.3, -0.25) is 9.36 Å². The number of aromatic nitrogens is 4. The molecule has 2 heterocycles. The van der Waals surface area contributed by atoms with E-state index in [9.17, 15) is 9.18 Å². The maximum Gasteiger partial charge on any atom is 0.231 e. The van der Waals surface area contributed by atoms with Gasteiger partial charge in [-0.1, -0.05) is 41.6 Å². The number of carbonyl (C=O) groups excluding carboxylic acids is 1. The number of carbonyl (C=O) groups is 1. The maximum absolute atomic E-state index is 13.8. The average molecular weight is 470 g/mol. The Morgan fingerprint density at radius 3 is 2.72 bits per heavy atom. The second-order valence-electron chi connectivity index (χ2n) is 7.20. The summed E-state index contributed by atoms with van der Waals surface area (Å²) in [5.74, 6) is 0.159. The van der Waals surface area contributed by atoms with Crippen LogP contribution in [0.3, 0.4) is 0 Å². The largest absolute Gasteiger partial charge is 0.341 e. The Labute approximate surface area is 194 Å². The van der Waals surface area contributed by atoms with Crippen LogP contribution in [0.4, 0.5) is 4.39 Å². The van der Waals surface area contributed by atoms with Crippen molar-refractivity contribution in [2.75, 3.05) is 5.75 Å². The first-order valence-corrected chi connectivity index (χ1v) is 11.2. The topological polar surface area (TPSA) is 64.7 Å². The van der Waals surface area contributed by atoms with E-state index in [0.29, 0.717) is 21.6 Å². The van der Waals surface area contributed by atoms with Crippen LogP contribution in [0.15, 0.2) is 72.4 Å². The van der Waals surface area contributed by atoms with Crippen LogP contribution in [0.5, 0.6) is 0 Å². The van der Waals surface area contributed by atoms with Crippen molar-refractivity contribution in [3.8, 4) is 5.69 Å². The van der Waals surface area contributed by atoms with Gasteiger partial charge in [0, 0.05) is 36.9 Å². The molecule has 32 heavy (non-hydrogen) atoms. The zero-order chi connectivity index (χ0) is 22.7. The fourth-order valence-corrected chi connectivity index (χ4v) is 4.35. The molecule has 2 aromatic carbocycles. The molecule has 0 fully saturated rings. The summed E-state index contributed by atoms with van der Waals surface area (Å²) in [7, 11) is 1.83. The number of halogens is 2. The third-order valence-electron chi connectivity index (χ3n) is 5.04. The van der Waals surface area contributed by atoms with Gasteiger partial charge in [0.25, 0.3) is 0 Å². The number of amides is 1. The van der Waals surface area contributed by atoms with Crippen molar-refractivity contribution in [3.63, 3.8) is 0 Å². The lowest BCUT2D eigenvalue weighted by Gasteiger charge is -2.19. The van der Waals surface area contributed by atoms with Crippen molar-refractivity contribution >= 4 is 29.3 Å². The molecule has 4 rings (SSSR count). The molecular formula is C23H21ClFN5OS. The first-order chi connectivity index (χ1) is 15.4. The highest BCUT2D eigenvalue weighted by Gasteiger charge is 2.22. The van der Waals surface area contributed by atoms with E-state index in [4.69, 9.17) is 11.6 Å². The van der Waals surface area contributed by atoms with Crippen LogP contribution in [-0.2, 0) is 11.8 Å². The van der Waals surface area contributed by atoms with Crippen LogP contribution >= 0.6 is 23.4 Å². The number of rotatable bonds is 7. The first kappa shape index (κ1) is 22.1. The summed E-state index contributed by atoms with van der Waals surface area (Å²) in [6.07, 6.45) is 6.95. The van der Waals surface area contributed by atoms with Gasteiger partial charge in [0.1, 0.15) is 17.7 Å². The molecule has 0 aliphatic heterocycles. The van der Waals surface area contributed by atoms with Crippen molar-refractivity contribution in [1.29, 1.82) is 0 Å². The van der Waals surface area contributed by atoms with E-state index in [0.717, 1.165) is 11.3 Å². The molecule has 1 N–H and O–H groups in total. The van der Waals surface area contributed by atoms with Crippen LogP contribution in [0.1, 0.15) is 23.0 Å². The molecule has 9 heteroatoms. The third-order valence-corrected chi connectivity index (χ3v) is 6.42. The van der Waals surface area contributed by atoms with Gasteiger partial charge in [0.2, 0.25) is 5.91 Å². The number of thioether (sulfide) groups is 1. The Bertz CT molecular complexity index is 1250. The van der Waals surface area contributed by atoms with E-state index < -0.39 is 6.04 Å². The number of benzene rings is 2. The summed E-state index contributed by atoms with van der Waals surface area (Å²) in [6, 6.07) is 11.2. The smallest absolute Gasteiger partial charge is 0.231 e. The van der Waals surface area contributed by atoms with E-state index >= 15 is 0 Å². The zero-order valence-electron chi connectivity index (χ0n) is 17.5. The molecule has 4 aromatic rings. The van der Waals surface area contributed by atoms with Crippen LogP contribution in [0.2, 0.25) is 5.02 Å². The number of hydrogen-bond donors (Lipinski definition) is 1. The number of hydrogen-bond acceptors (Lipinski definition) is 4. The molecule has 6 nitrogen and oxygen atoms in total. The fraction of sp³-hybridized carbons (Fsp3) is 0.174. The molecule has 0 aliphatic rings. The number of aryl methyl sites for hydroxylation is 1. The highest BCUT2D eigenvalue weighted by Crippen LogP contribution is 2.27. The summed E-state index contributed by atoms with van der Waals surface area (Å²) in [5.41, 5.74) is 2.46. The van der Waals surface area contributed by atoms with Gasteiger partial charge in [-0.15, -0.1) is 0 Å². The lowest BCUT2D eigenvalue weighted by Crippen LogP contribution is -2.32. The average Bonchev–Trinajstić information content (AvgIpc) is 3.41. The Hall–Kier alpha value is -3.10. The van der Waals surface area contributed by atoms with Crippen LogP contribution in [0.25, 0.3) is 5.69 Å². The fourth-order valence-electron chi connectivity index (χ4n) is 3.41. The molecule has 2 aromatic heterocycles. The summed E-state index contributed by atoms with van der Waals surface area (Å²) >= 11 is 7.57. The Morgan fingerprint density at radius 1 is 1.19 bits per heavy atom. The molecular weight excluding hydrogens is 449 g/mol. The number of nitrogens with one attached hydrogen (secondary N) is 1. The predicted octanol–water partition coefficient (Wildman–Crippen LogP) is 4.70. The second kappa shape index (κ2) is 9.58. The monoisotopic (exact) mass is 469 g/mol. The van der Waals surface area contributed by atoms with E-state index in [1.807, 2.05) is 42.9 Å². The van der Waals surface area contributed by atoms with Crippen LogP contribution < -0.4 is 5.32 Å². The summed E-state index contributed by atoms with van der Waals surface area (Å²) in [6.45, 7) is 1.94. The Balaban J connectivity index is 1.51. The van der Waals surface area contributed by atoms with Crippen LogP contribution in [-0.4, -0.2) is 30.8 Å². The highest BCUT2D eigenvalue weighted by molar-refractivity contribution is 7.99. The van der Waals surface area contributed by atoms with Crippen molar-refractivity contribution in [2.45, 2.75) is 18.1 Å². The SMILES string of the molecule is Cc1c(Cl)cccc1-n1ccnc1SCC(=O)N[C@@H](c1cccc(F)c1)c1nccn1C. The van der Waals surface area contributed by atoms with Crippen LogP contribution in [0, 0.1) is 12.7 Å². The summed E-state index contributed by atoms with van der Waals surface area (Å²) < 4.78 is 17.6. The molecule has 0 aliphatic carbocycles. The minimum Gasteiger partial charge on any atom is -0.341 e. The van der Waals surface area contributed by atoms with Crippen molar-refractivity contribution in [3.05, 3.63) is 95.0 Å². The Morgan fingerprint density at radius 2 is 1.97 bits per heavy atom. The predicted molar refractivity (Wildman–Crippen MR) is 124 cm³/mol. The quantitative estimate of drug-likeness (QED) is 0.398. The minimum absolute atomic E-state index is 0.132. The standard InChI is InChI=1S/C23H21ClFN5OS/c1-15-18(24)7-4-8-19(15)30-12-10-27-23(30)32-14-20(31)28-21(22-26-9-11-29(22)2)16-5-3-6-17(25)13-16/h3-13,21H,14H2,1-2H3,(H,28,31)/t21-/m0/s1.